The molecule has 0 spiro atoms. The fourth-order valence-corrected chi connectivity index (χ4v) is 2.88. The molecule has 1 N–H and O–H groups in total. The maximum absolute atomic E-state index is 12.0. The number of hydrogen-bond donors (Lipinski definition) is 1. The van der Waals surface area contributed by atoms with Crippen LogP contribution in [0.1, 0.15) is 21.8 Å². The van der Waals surface area contributed by atoms with Crippen LogP contribution in [0.25, 0.3) is 11.4 Å². The molecule has 23 heavy (non-hydrogen) atoms. The average Bonchev–Trinajstić information content (AvgIpc) is 3.21. The minimum Gasteiger partial charge on any atom is -0.351 e. The van der Waals surface area contributed by atoms with E-state index in [0.29, 0.717) is 17.1 Å². The predicted molar refractivity (Wildman–Crippen MR) is 89.3 cm³/mol. The number of carbonyl (C=O) groups is 1. The van der Waals surface area contributed by atoms with Gasteiger partial charge in [0, 0.05) is 31.0 Å². The molecule has 3 aromatic rings. The van der Waals surface area contributed by atoms with Gasteiger partial charge in [-0.2, -0.15) is 0 Å². The first-order valence-corrected chi connectivity index (χ1v) is 8.17. The Bertz CT molecular complexity index is 781. The Labute approximate surface area is 138 Å². The van der Waals surface area contributed by atoms with Gasteiger partial charge < -0.3 is 9.88 Å². The summed E-state index contributed by atoms with van der Waals surface area (Å²) in [5.41, 5.74) is 1.77. The van der Waals surface area contributed by atoms with Crippen molar-refractivity contribution < 1.29 is 4.79 Å². The quantitative estimate of drug-likeness (QED) is 0.706. The van der Waals surface area contributed by atoms with Gasteiger partial charge in [-0.1, -0.05) is 34.8 Å². The van der Waals surface area contributed by atoms with E-state index in [0.717, 1.165) is 35.9 Å². The zero-order chi connectivity index (χ0) is 16.1. The standard InChI is InChI=1S/C16H17N5OS/c1-12-14(23-20-19-12)16(22)18-8-5-10-21-11-9-17-15(21)13-6-3-2-4-7-13/h2-4,6-7,9,11H,5,8,10H2,1H3,(H,18,22). The van der Waals surface area contributed by atoms with Crippen LogP contribution in [0.5, 0.6) is 0 Å². The van der Waals surface area contributed by atoms with E-state index in [-0.39, 0.29) is 5.91 Å². The van der Waals surface area contributed by atoms with Gasteiger partial charge in [-0.15, -0.1) is 5.10 Å². The van der Waals surface area contributed by atoms with Gasteiger partial charge in [0.05, 0.1) is 5.69 Å². The summed E-state index contributed by atoms with van der Waals surface area (Å²) in [6.07, 6.45) is 4.59. The molecule has 0 atom stereocenters. The highest BCUT2D eigenvalue weighted by molar-refractivity contribution is 7.07. The molecule has 3 rings (SSSR count). The molecular weight excluding hydrogens is 310 g/mol. The Morgan fingerprint density at radius 1 is 1.30 bits per heavy atom. The molecule has 0 aliphatic heterocycles. The van der Waals surface area contributed by atoms with Gasteiger partial charge in [0.25, 0.3) is 5.91 Å². The van der Waals surface area contributed by atoms with Crippen molar-refractivity contribution in [2.75, 3.05) is 6.54 Å². The molecule has 0 radical (unpaired) electrons. The van der Waals surface area contributed by atoms with Crippen molar-refractivity contribution in [1.29, 1.82) is 0 Å². The minimum atomic E-state index is -0.105. The molecule has 0 saturated carbocycles. The highest BCUT2D eigenvalue weighted by Crippen LogP contribution is 2.16. The van der Waals surface area contributed by atoms with Crippen LogP contribution in [0.3, 0.4) is 0 Å². The fraction of sp³-hybridized carbons (Fsp3) is 0.250. The second-order valence-corrected chi connectivity index (χ2v) is 5.86. The maximum atomic E-state index is 12.0. The van der Waals surface area contributed by atoms with Gasteiger partial charge in [-0.05, 0) is 24.9 Å². The van der Waals surface area contributed by atoms with Crippen LogP contribution in [0.4, 0.5) is 0 Å². The molecule has 7 heteroatoms. The Morgan fingerprint density at radius 3 is 2.87 bits per heavy atom. The Kier molecular flexibility index (Phi) is 4.77. The molecule has 1 amide bonds. The second-order valence-electron chi connectivity index (χ2n) is 5.11. The van der Waals surface area contributed by atoms with Gasteiger partial charge in [0.2, 0.25) is 0 Å². The molecule has 6 nitrogen and oxygen atoms in total. The molecule has 0 aliphatic carbocycles. The smallest absolute Gasteiger partial charge is 0.264 e. The van der Waals surface area contributed by atoms with Crippen LogP contribution in [0.2, 0.25) is 0 Å². The predicted octanol–water partition coefficient (Wildman–Crippen LogP) is 2.53. The largest absolute Gasteiger partial charge is 0.351 e. The lowest BCUT2D eigenvalue weighted by Gasteiger charge is -2.08. The first kappa shape index (κ1) is 15.4. The first-order valence-electron chi connectivity index (χ1n) is 7.39. The van der Waals surface area contributed by atoms with E-state index in [1.807, 2.05) is 36.5 Å². The van der Waals surface area contributed by atoms with E-state index in [4.69, 9.17) is 0 Å². The van der Waals surface area contributed by atoms with Crippen LogP contribution in [-0.2, 0) is 6.54 Å². The molecule has 0 bridgehead atoms. The number of imidazole rings is 1. The summed E-state index contributed by atoms with van der Waals surface area (Å²) in [6.45, 7) is 3.18. The molecule has 0 aliphatic rings. The Morgan fingerprint density at radius 2 is 2.13 bits per heavy atom. The number of benzene rings is 1. The molecular formula is C16H17N5OS. The number of aromatic nitrogens is 4. The summed E-state index contributed by atoms with van der Waals surface area (Å²) in [7, 11) is 0. The molecule has 0 fully saturated rings. The van der Waals surface area contributed by atoms with Gasteiger partial charge in [0.15, 0.2) is 0 Å². The number of hydrogen-bond acceptors (Lipinski definition) is 5. The molecule has 118 valence electrons. The summed E-state index contributed by atoms with van der Waals surface area (Å²) in [5, 5.41) is 6.75. The van der Waals surface area contributed by atoms with Crippen LogP contribution < -0.4 is 5.32 Å². The van der Waals surface area contributed by atoms with Crippen LogP contribution in [0.15, 0.2) is 42.7 Å². The van der Waals surface area contributed by atoms with Crippen LogP contribution in [-0.4, -0.2) is 31.6 Å². The Balaban J connectivity index is 1.53. The van der Waals surface area contributed by atoms with Gasteiger partial charge >= 0.3 is 0 Å². The number of amides is 1. The van der Waals surface area contributed by atoms with Crippen LogP contribution >= 0.6 is 11.5 Å². The van der Waals surface area contributed by atoms with E-state index < -0.39 is 0 Å². The summed E-state index contributed by atoms with van der Waals surface area (Å²) in [6, 6.07) is 10.1. The van der Waals surface area contributed by atoms with Crippen molar-refractivity contribution in [1.82, 2.24) is 24.5 Å². The average molecular weight is 327 g/mol. The van der Waals surface area contributed by atoms with E-state index in [1.54, 1.807) is 13.1 Å². The third-order valence-electron chi connectivity index (χ3n) is 3.47. The van der Waals surface area contributed by atoms with Crippen molar-refractivity contribution >= 4 is 17.4 Å². The lowest BCUT2D eigenvalue weighted by Crippen LogP contribution is -2.25. The first-order chi connectivity index (χ1) is 11.3. The SMILES string of the molecule is Cc1nnsc1C(=O)NCCCn1ccnc1-c1ccccc1. The van der Waals surface area contributed by atoms with E-state index in [2.05, 4.69) is 24.5 Å². The molecule has 1 aromatic carbocycles. The third-order valence-corrected chi connectivity index (χ3v) is 4.29. The fourth-order valence-electron chi connectivity index (χ4n) is 2.31. The van der Waals surface area contributed by atoms with Crippen molar-refractivity contribution in [3.8, 4) is 11.4 Å². The van der Waals surface area contributed by atoms with Crippen molar-refractivity contribution in [3.63, 3.8) is 0 Å². The second kappa shape index (κ2) is 7.15. The lowest BCUT2D eigenvalue weighted by atomic mass is 10.2. The molecule has 0 unspecified atom stereocenters. The number of aryl methyl sites for hydroxylation is 2. The number of nitrogens with zero attached hydrogens (tertiary/aromatic N) is 4. The summed E-state index contributed by atoms with van der Waals surface area (Å²) >= 11 is 1.12. The number of nitrogens with one attached hydrogen (secondary N) is 1. The normalized spacial score (nSPS) is 10.7. The van der Waals surface area contributed by atoms with Gasteiger partial charge in [-0.3, -0.25) is 4.79 Å². The molecule has 0 saturated heterocycles. The van der Waals surface area contributed by atoms with E-state index in [9.17, 15) is 4.79 Å². The zero-order valence-corrected chi connectivity index (χ0v) is 13.6. The number of rotatable bonds is 6. The Hall–Kier alpha value is -2.54. The summed E-state index contributed by atoms with van der Waals surface area (Å²) in [4.78, 5) is 17.0. The minimum absolute atomic E-state index is 0.105. The van der Waals surface area contributed by atoms with Crippen molar-refractivity contribution in [3.05, 3.63) is 53.3 Å². The highest BCUT2D eigenvalue weighted by atomic mass is 32.1. The number of carbonyl (C=O) groups excluding carboxylic acids is 1. The van der Waals surface area contributed by atoms with Gasteiger partial charge in [-0.25, -0.2) is 4.98 Å². The monoisotopic (exact) mass is 327 g/mol. The third kappa shape index (κ3) is 3.62. The summed E-state index contributed by atoms with van der Waals surface area (Å²) in [5.74, 6) is 0.839. The molecule has 2 heterocycles. The zero-order valence-electron chi connectivity index (χ0n) is 12.8. The van der Waals surface area contributed by atoms with Crippen LogP contribution in [0, 0.1) is 6.92 Å². The molecule has 2 aromatic heterocycles. The van der Waals surface area contributed by atoms with Crippen molar-refractivity contribution in [2.24, 2.45) is 0 Å². The summed E-state index contributed by atoms with van der Waals surface area (Å²) < 4.78 is 5.87. The van der Waals surface area contributed by atoms with Gasteiger partial charge in [0.1, 0.15) is 10.7 Å². The maximum Gasteiger partial charge on any atom is 0.264 e. The lowest BCUT2D eigenvalue weighted by molar-refractivity contribution is 0.0956. The highest BCUT2D eigenvalue weighted by Gasteiger charge is 2.12. The van der Waals surface area contributed by atoms with Crippen molar-refractivity contribution in [2.45, 2.75) is 19.9 Å². The topological polar surface area (TPSA) is 72.7 Å². The van der Waals surface area contributed by atoms with E-state index in [1.165, 1.54) is 0 Å². The van der Waals surface area contributed by atoms with E-state index >= 15 is 0 Å².